The van der Waals surface area contributed by atoms with Crippen molar-refractivity contribution in [3.8, 4) is 0 Å². The van der Waals surface area contributed by atoms with Crippen molar-refractivity contribution in [2.24, 2.45) is 4.99 Å². The Morgan fingerprint density at radius 1 is 1.28 bits per heavy atom. The number of likely N-dealkylation sites (tertiary alicyclic amines) is 1. The summed E-state index contributed by atoms with van der Waals surface area (Å²) in [5, 5.41) is 6.71. The van der Waals surface area contributed by atoms with Crippen LogP contribution in [0.2, 0.25) is 0 Å². The SMILES string of the molecule is CSCCNC(=NCC(=O)N(C)C)NC1CCN(Cc2ccc(F)c(F)c2)CC1. The molecular weight excluding hydrogens is 396 g/mol. The van der Waals surface area contributed by atoms with Crippen molar-refractivity contribution in [2.45, 2.75) is 25.4 Å². The highest BCUT2D eigenvalue weighted by molar-refractivity contribution is 7.98. The van der Waals surface area contributed by atoms with Crippen LogP contribution in [-0.4, -0.2) is 80.0 Å². The molecule has 0 aliphatic carbocycles. The van der Waals surface area contributed by atoms with Crippen LogP contribution in [0.1, 0.15) is 18.4 Å². The van der Waals surface area contributed by atoms with E-state index in [2.05, 4.69) is 20.5 Å². The minimum Gasteiger partial charge on any atom is -0.356 e. The van der Waals surface area contributed by atoms with Crippen molar-refractivity contribution in [1.29, 1.82) is 0 Å². The van der Waals surface area contributed by atoms with Gasteiger partial charge in [-0.2, -0.15) is 11.8 Å². The quantitative estimate of drug-likeness (QED) is 0.377. The molecule has 29 heavy (non-hydrogen) atoms. The maximum atomic E-state index is 13.4. The van der Waals surface area contributed by atoms with Crippen LogP contribution in [-0.2, 0) is 11.3 Å². The molecular formula is C20H31F2N5OS. The second kappa shape index (κ2) is 12.0. The highest BCUT2D eigenvalue weighted by atomic mass is 32.2. The van der Waals surface area contributed by atoms with Crippen molar-refractivity contribution in [1.82, 2.24) is 20.4 Å². The molecule has 0 saturated carbocycles. The Morgan fingerprint density at radius 3 is 2.62 bits per heavy atom. The average molecular weight is 428 g/mol. The van der Waals surface area contributed by atoms with Gasteiger partial charge in [-0.1, -0.05) is 6.07 Å². The number of hydrogen-bond acceptors (Lipinski definition) is 4. The number of nitrogens with one attached hydrogen (secondary N) is 2. The minimum absolute atomic E-state index is 0.0442. The Labute approximate surface area is 176 Å². The second-order valence-electron chi connectivity index (χ2n) is 7.32. The summed E-state index contributed by atoms with van der Waals surface area (Å²) in [6, 6.07) is 4.33. The first-order valence-electron chi connectivity index (χ1n) is 9.79. The van der Waals surface area contributed by atoms with E-state index in [1.165, 1.54) is 17.0 Å². The maximum absolute atomic E-state index is 13.4. The lowest BCUT2D eigenvalue weighted by Crippen LogP contribution is -2.49. The lowest BCUT2D eigenvalue weighted by Gasteiger charge is -2.33. The Morgan fingerprint density at radius 2 is 2.00 bits per heavy atom. The number of likely N-dealkylation sites (N-methyl/N-ethyl adjacent to an activating group) is 1. The zero-order valence-electron chi connectivity index (χ0n) is 17.4. The summed E-state index contributed by atoms with van der Waals surface area (Å²) in [7, 11) is 3.43. The summed E-state index contributed by atoms with van der Waals surface area (Å²) in [4.78, 5) is 20.0. The van der Waals surface area contributed by atoms with Gasteiger partial charge in [0, 0.05) is 52.1 Å². The number of piperidine rings is 1. The number of carbonyl (C=O) groups excluding carboxylic acids is 1. The number of rotatable bonds is 8. The number of nitrogens with zero attached hydrogens (tertiary/aromatic N) is 3. The zero-order chi connectivity index (χ0) is 21.2. The van der Waals surface area contributed by atoms with E-state index in [1.54, 1.807) is 31.9 Å². The fourth-order valence-electron chi connectivity index (χ4n) is 3.04. The van der Waals surface area contributed by atoms with Crippen LogP contribution in [0.5, 0.6) is 0 Å². The van der Waals surface area contributed by atoms with E-state index in [0.29, 0.717) is 12.5 Å². The maximum Gasteiger partial charge on any atom is 0.243 e. The van der Waals surface area contributed by atoms with Gasteiger partial charge in [-0.25, -0.2) is 13.8 Å². The number of hydrogen-bond donors (Lipinski definition) is 2. The standard InChI is InChI=1S/C20H31F2N5OS/c1-26(2)19(28)13-24-20(23-8-11-29-3)25-16-6-9-27(10-7-16)14-15-4-5-17(21)18(22)12-15/h4-5,12,16H,6-11,13-14H2,1-3H3,(H2,23,24,25). The fourth-order valence-corrected chi connectivity index (χ4v) is 3.34. The Bertz CT molecular complexity index is 693. The van der Waals surface area contributed by atoms with Gasteiger partial charge < -0.3 is 15.5 Å². The van der Waals surface area contributed by atoms with Crippen molar-refractivity contribution >= 4 is 23.6 Å². The minimum atomic E-state index is -0.815. The zero-order valence-corrected chi connectivity index (χ0v) is 18.2. The molecule has 0 radical (unpaired) electrons. The number of thioether (sulfide) groups is 1. The molecule has 1 fully saturated rings. The monoisotopic (exact) mass is 427 g/mol. The molecule has 0 bridgehead atoms. The van der Waals surface area contributed by atoms with Crippen LogP contribution in [0, 0.1) is 11.6 Å². The van der Waals surface area contributed by atoms with E-state index in [4.69, 9.17) is 0 Å². The topological polar surface area (TPSA) is 60.0 Å². The summed E-state index contributed by atoms with van der Waals surface area (Å²) in [5.41, 5.74) is 0.776. The molecule has 0 unspecified atom stereocenters. The Balaban J connectivity index is 1.85. The van der Waals surface area contributed by atoms with Crippen molar-refractivity contribution in [3.63, 3.8) is 0 Å². The normalized spacial score (nSPS) is 16.0. The average Bonchev–Trinajstić information content (AvgIpc) is 2.70. The largest absolute Gasteiger partial charge is 0.356 e. The third-order valence-corrected chi connectivity index (χ3v) is 5.40. The number of benzene rings is 1. The number of carbonyl (C=O) groups is 1. The van der Waals surface area contributed by atoms with Crippen LogP contribution < -0.4 is 10.6 Å². The number of guanidine groups is 1. The predicted molar refractivity (Wildman–Crippen MR) is 115 cm³/mol. The second-order valence-corrected chi connectivity index (χ2v) is 8.30. The van der Waals surface area contributed by atoms with Crippen molar-refractivity contribution in [2.75, 3.05) is 52.3 Å². The molecule has 1 aliphatic rings. The smallest absolute Gasteiger partial charge is 0.243 e. The van der Waals surface area contributed by atoms with Gasteiger partial charge in [-0.05, 0) is 36.8 Å². The number of aliphatic imine (C=N–C) groups is 1. The van der Waals surface area contributed by atoms with Gasteiger partial charge >= 0.3 is 0 Å². The summed E-state index contributed by atoms with van der Waals surface area (Å²) in [6.45, 7) is 3.19. The van der Waals surface area contributed by atoms with Crippen LogP contribution in [0.25, 0.3) is 0 Å². The first-order valence-corrected chi connectivity index (χ1v) is 11.2. The van der Waals surface area contributed by atoms with E-state index >= 15 is 0 Å². The van der Waals surface area contributed by atoms with Crippen LogP contribution in [0.15, 0.2) is 23.2 Å². The first-order chi connectivity index (χ1) is 13.9. The molecule has 0 aromatic heterocycles. The van der Waals surface area contributed by atoms with Crippen molar-refractivity contribution in [3.05, 3.63) is 35.4 Å². The molecule has 2 N–H and O–H groups in total. The van der Waals surface area contributed by atoms with Gasteiger partial charge in [-0.15, -0.1) is 0 Å². The summed E-state index contributed by atoms with van der Waals surface area (Å²) < 4.78 is 26.5. The number of halogens is 2. The summed E-state index contributed by atoms with van der Waals surface area (Å²) in [5.74, 6) is -0.0473. The van der Waals surface area contributed by atoms with Gasteiger partial charge in [0.05, 0.1) is 0 Å². The van der Waals surface area contributed by atoms with Crippen LogP contribution >= 0.6 is 11.8 Å². The van der Waals surface area contributed by atoms with E-state index < -0.39 is 11.6 Å². The van der Waals surface area contributed by atoms with E-state index in [9.17, 15) is 13.6 Å². The molecule has 162 valence electrons. The third-order valence-electron chi connectivity index (χ3n) is 4.79. The molecule has 0 atom stereocenters. The van der Waals surface area contributed by atoms with E-state index in [-0.39, 0.29) is 18.5 Å². The third kappa shape index (κ3) is 8.18. The molecule has 1 amide bonds. The van der Waals surface area contributed by atoms with Gasteiger partial charge in [0.25, 0.3) is 0 Å². The number of amides is 1. The van der Waals surface area contributed by atoms with Gasteiger partial charge in [0.15, 0.2) is 17.6 Å². The fraction of sp³-hybridized carbons (Fsp3) is 0.600. The van der Waals surface area contributed by atoms with Gasteiger partial charge in [0.2, 0.25) is 5.91 Å². The molecule has 1 aliphatic heterocycles. The summed E-state index contributed by atoms with van der Waals surface area (Å²) >= 11 is 1.74. The predicted octanol–water partition coefficient (Wildman–Crippen LogP) is 1.92. The lowest BCUT2D eigenvalue weighted by molar-refractivity contribution is -0.127. The first kappa shape index (κ1) is 23.4. The molecule has 2 rings (SSSR count). The Kier molecular flexibility index (Phi) is 9.66. The van der Waals surface area contributed by atoms with E-state index in [1.807, 2.05) is 6.26 Å². The lowest BCUT2D eigenvalue weighted by atomic mass is 10.0. The molecule has 1 saturated heterocycles. The molecule has 6 nitrogen and oxygen atoms in total. The Hall–Kier alpha value is -1.87. The van der Waals surface area contributed by atoms with Gasteiger partial charge in [0.1, 0.15) is 6.54 Å². The highest BCUT2D eigenvalue weighted by Crippen LogP contribution is 2.16. The molecule has 1 aromatic carbocycles. The molecule has 1 heterocycles. The van der Waals surface area contributed by atoms with Crippen molar-refractivity contribution < 1.29 is 13.6 Å². The highest BCUT2D eigenvalue weighted by Gasteiger charge is 2.20. The summed E-state index contributed by atoms with van der Waals surface area (Å²) in [6.07, 6.45) is 3.87. The molecule has 0 spiro atoms. The van der Waals surface area contributed by atoms with E-state index in [0.717, 1.165) is 43.8 Å². The van der Waals surface area contributed by atoms with Crippen LogP contribution in [0.4, 0.5) is 8.78 Å². The van der Waals surface area contributed by atoms with Gasteiger partial charge in [-0.3, -0.25) is 9.69 Å². The molecule has 1 aromatic rings. The van der Waals surface area contributed by atoms with Crippen LogP contribution in [0.3, 0.4) is 0 Å². The molecule has 9 heteroatoms.